The minimum atomic E-state index is -0.321. The lowest BCUT2D eigenvalue weighted by molar-refractivity contribution is 0.102. The molecule has 1 heterocycles. The first kappa shape index (κ1) is 17.7. The molecule has 0 bridgehead atoms. The van der Waals surface area contributed by atoms with E-state index in [0.29, 0.717) is 28.2 Å². The molecule has 4 rings (SSSR count). The predicted molar refractivity (Wildman–Crippen MR) is 108 cm³/mol. The molecule has 5 heteroatoms. The Hall–Kier alpha value is -3.73. The zero-order valence-electron chi connectivity index (χ0n) is 15.1. The maximum Gasteiger partial charge on any atom is 0.256 e. The predicted octanol–water partition coefficient (Wildman–Crippen LogP) is 5.30. The molecule has 1 amide bonds. The average molecular weight is 372 g/mol. The maximum absolute atomic E-state index is 13.3. The van der Waals surface area contributed by atoms with Gasteiger partial charge in [0.15, 0.2) is 0 Å². The molecule has 0 unspecified atom stereocenters. The van der Waals surface area contributed by atoms with Crippen LogP contribution in [0, 0.1) is 5.82 Å². The van der Waals surface area contributed by atoms with Gasteiger partial charge in [0, 0.05) is 10.9 Å². The van der Waals surface area contributed by atoms with Crippen molar-refractivity contribution in [3.05, 3.63) is 90.2 Å². The van der Waals surface area contributed by atoms with E-state index < -0.39 is 0 Å². The van der Waals surface area contributed by atoms with Gasteiger partial charge in [-0.2, -0.15) is 0 Å². The average Bonchev–Trinajstić information content (AvgIpc) is 2.74. The van der Waals surface area contributed by atoms with Gasteiger partial charge in [-0.3, -0.25) is 4.79 Å². The summed E-state index contributed by atoms with van der Waals surface area (Å²) in [5.74, 6) is -0.0156. The van der Waals surface area contributed by atoms with E-state index in [9.17, 15) is 9.18 Å². The number of benzene rings is 3. The second kappa shape index (κ2) is 7.48. The Morgan fingerprint density at radius 3 is 2.46 bits per heavy atom. The number of methoxy groups -OCH3 is 1. The highest BCUT2D eigenvalue weighted by Gasteiger charge is 2.15. The zero-order valence-corrected chi connectivity index (χ0v) is 15.1. The van der Waals surface area contributed by atoms with E-state index in [1.54, 1.807) is 37.4 Å². The van der Waals surface area contributed by atoms with E-state index in [0.717, 1.165) is 10.9 Å². The van der Waals surface area contributed by atoms with Crippen molar-refractivity contribution in [2.24, 2.45) is 0 Å². The fraction of sp³-hybridized carbons (Fsp3) is 0.0435. The molecule has 0 aliphatic carbocycles. The third kappa shape index (κ3) is 3.42. The van der Waals surface area contributed by atoms with Crippen LogP contribution in [0.2, 0.25) is 0 Å². The summed E-state index contributed by atoms with van der Waals surface area (Å²) < 4.78 is 18.6. The summed E-state index contributed by atoms with van der Waals surface area (Å²) in [5.41, 5.74) is 3.09. The minimum Gasteiger partial charge on any atom is -0.495 e. The summed E-state index contributed by atoms with van der Waals surface area (Å²) in [6.07, 6.45) is 0. The van der Waals surface area contributed by atoms with Crippen LogP contribution in [-0.4, -0.2) is 18.0 Å². The van der Waals surface area contributed by atoms with Crippen LogP contribution in [-0.2, 0) is 0 Å². The molecule has 0 aliphatic heterocycles. The number of anilines is 1. The standard InChI is InChI=1S/C23H17FN2O2/c1-28-22-9-5-4-8-20(22)26-23(27)18-14-21(15-10-12-16(24)13-11-15)25-19-7-3-2-6-17(18)19/h2-14H,1H3,(H,26,27). The van der Waals surface area contributed by atoms with Gasteiger partial charge in [-0.25, -0.2) is 9.37 Å². The van der Waals surface area contributed by atoms with E-state index in [1.165, 1.54) is 12.1 Å². The Balaban J connectivity index is 1.80. The third-order valence-corrected chi connectivity index (χ3v) is 4.46. The van der Waals surface area contributed by atoms with Gasteiger partial charge >= 0.3 is 0 Å². The molecule has 28 heavy (non-hydrogen) atoms. The fourth-order valence-corrected chi connectivity index (χ4v) is 3.07. The second-order valence-electron chi connectivity index (χ2n) is 6.23. The summed E-state index contributed by atoms with van der Waals surface area (Å²) in [4.78, 5) is 17.7. The molecule has 0 radical (unpaired) electrons. The van der Waals surface area contributed by atoms with Crippen molar-refractivity contribution in [2.75, 3.05) is 12.4 Å². The van der Waals surface area contributed by atoms with Crippen LogP contribution in [0.15, 0.2) is 78.9 Å². The van der Waals surface area contributed by atoms with Crippen molar-refractivity contribution in [3.8, 4) is 17.0 Å². The molecule has 138 valence electrons. The largest absolute Gasteiger partial charge is 0.495 e. The Bertz CT molecular complexity index is 1160. The lowest BCUT2D eigenvalue weighted by atomic mass is 10.0. The first-order valence-electron chi connectivity index (χ1n) is 8.76. The van der Waals surface area contributed by atoms with Gasteiger partial charge in [-0.15, -0.1) is 0 Å². The van der Waals surface area contributed by atoms with Crippen LogP contribution in [0.25, 0.3) is 22.2 Å². The number of pyridine rings is 1. The number of para-hydroxylation sites is 3. The number of amides is 1. The van der Waals surface area contributed by atoms with Gasteiger partial charge in [0.2, 0.25) is 0 Å². The smallest absolute Gasteiger partial charge is 0.256 e. The summed E-state index contributed by atoms with van der Waals surface area (Å²) in [6.45, 7) is 0. The molecule has 3 aromatic carbocycles. The highest BCUT2D eigenvalue weighted by atomic mass is 19.1. The Morgan fingerprint density at radius 2 is 1.68 bits per heavy atom. The van der Waals surface area contributed by atoms with Crippen molar-refractivity contribution < 1.29 is 13.9 Å². The molecular formula is C23H17FN2O2. The number of carbonyl (C=O) groups is 1. The third-order valence-electron chi connectivity index (χ3n) is 4.46. The Labute approximate surface area is 161 Å². The molecule has 0 spiro atoms. The van der Waals surface area contributed by atoms with Crippen LogP contribution in [0.5, 0.6) is 5.75 Å². The number of fused-ring (bicyclic) bond motifs is 1. The second-order valence-corrected chi connectivity index (χ2v) is 6.23. The van der Waals surface area contributed by atoms with Gasteiger partial charge in [0.25, 0.3) is 5.91 Å². The molecule has 4 aromatic rings. The number of aromatic nitrogens is 1. The van der Waals surface area contributed by atoms with Gasteiger partial charge in [0.05, 0.1) is 29.6 Å². The number of halogens is 1. The van der Waals surface area contributed by atoms with Crippen LogP contribution in [0.3, 0.4) is 0 Å². The van der Waals surface area contributed by atoms with Gasteiger partial charge in [-0.05, 0) is 48.5 Å². The molecule has 4 nitrogen and oxygen atoms in total. The first-order valence-corrected chi connectivity index (χ1v) is 8.76. The molecule has 0 atom stereocenters. The molecular weight excluding hydrogens is 355 g/mol. The summed E-state index contributed by atoms with van der Waals surface area (Å²) in [5, 5.41) is 3.64. The Kier molecular flexibility index (Phi) is 4.72. The van der Waals surface area contributed by atoms with E-state index >= 15 is 0 Å². The number of rotatable bonds is 4. The highest BCUT2D eigenvalue weighted by Crippen LogP contribution is 2.28. The lowest BCUT2D eigenvalue weighted by Crippen LogP contribution is -2.13. The van der Waals surface area contributed by atoms with Crippen molar-refractivity contribution >= 4 is 22.5 Å². The molecule has 0 aliphatic rings. The number of nitrogens with one attached hydrogen (secondary N) is 1. The highest BCUT2D eigenvalue weighted by molar-refractivity contribution is 6.13. The minimum absolute atomic E-state index is 0.272. The van der Waals surface area contributed by atoms with E-state index in [2.05, 4.69) is 10.3 Å². The first-order chi connectivity index (χ1) is 13.7. The molecule has 1 aromatic heterocycles. The molecule has 0 fully saturated rings. The van der Waals surface area contributed by atoms with Crippen LogP contribution in [0.4, 0.5) is 10.1 Å². The van der Waals surface area contributed by atoms with Crippen molar-refractivity contribution in [1.29, 1.82) is 0 Å². The van der Waals surface area contributed by atoms with Crippen molar-refractivity contribution in [3.63, 3.8) is 0 Å². The number of hydrogen-bond acceptors (Lipinski definition) is 3. The van der Waals surface area contributed by atoms with Crippen LogP contribution < -0.4 is 10.1 Å². The quantitative estimate of drug-likeness (QED) is 0.529. The van der Waals surface area contributed by atoms with Gasteiger partial charge < -0.3 is 10.1 Å². The van der Waals surface area contributed by atoms with Crippen molar-refractivity contribution in [2.45, 2.75) is 0 Å². The zero-order chi connectivity index (χ0) is 19.5. The number of carbonyl (C=O) groups excluding carboxylic acids is 1. The molecule has 1 N–H and O–H groups in total. The number of hydrogen-bond donors (Lipinski definition) is 1. The van der Waals surface area contributed by atoms with Crippen LogP contribution >= 0.6 is 0 Å². The van der Waals surface area contributed by atoms with E-state index in [1.807, 2.05) is 36.4 Å². The number of ether oxygens (including phenoxy) is 1. The van der Waals surface area contributed by atoms with Crippen LogP contribution in [0.1, 0.15) is 10.4 Å². The monoisotopic (exact) mass is 372 g/mol. The maximum atomic E-state index is 13.3. The molecule has 0 saturated heterocycles. The Morgan fingerprint density at radius 1 is 0.964 bits per heavy atom. The SMILES string of the molecule is COc1ccccc1NC(=O)c1cc(-c2ccc(F)cc2)nc2ccccc12. The van der Waals surface area contributed by atoms with E-state index in [4.69, 9.17) is 4.74 Å². The van der Waals surface area contributed by atoms with Crippen molar-refractivity contribution in [1.82, 2.24) is 4.98 Å². The topological polar surface area (TPSA) is 51.2 Å². The van der Waals surface area contributed by atoms with Gasteiger partial charge in [-0.1, -0.05) is 30.3 Å². The summed E-state index contributed by atoms with van der Waals surface area (Å²) in [7, 11) is 1.56. The van der Waals surface area contributed by atoms with Gasteiger partial charge in [0.1, 0.15) is 11.6 Å². The normalized spacial score (nSPS) is 10.6. The summed E-state index contributed by atoms with van der Waals surface area (Å²) >= 11 is 0. The fourth-order valence-electron chi connectivity index (χ4n) is 3.07. The number of nitrogens with zero attached hydrogens (tertiary/aromatic N) is 1. The lowest BCUT2D eigenvalue weighted by Gasteiger charge is -2.12. The summed E-state index contributed by atoms with van der Waals surface area (Å²) in [6, 6.07) is 22.4. The van der Waals surface area contributed by atoms with E-state index in [-0.39, 0.29) is 11.7 Å². The molecule has 0 saturated carbocycles.